The van der Waals surface area contributed by atoms with Crippen LogP contribution in [0.4, 0.5) is 0 Å². The van der Waals surface area contributed by atoms with Crippen LogP contribution in [0.3, 0.4) is 0 Å². The minimum Gasteiger partial charge on any atom is -0.491 e. The van der Waals surface area contributed by atoms with Crippen LogP contribution in [-0.2, 0) is 4.74 Å². The lowest BCUT2D eigenvalue weighted by Gasteiger charge is -2.09. The fraction of sp³-hybridized carbons (Fsp3) is 0.556. The van der Waals surface area contributed by atoms with Crippen LogP contribution in [0.5, 0.6) is 0 Å². The molecule has 0 aromatic carbocycles. The molecule has 0 heterocycles. The first-order chi connectivity index (χ1) is 4.70. The number of hydrogen-bond acceptors (Lipinski definition) is 1. The Morgan fingerprint density at radius 1 is 1.30 bits per heavy atom. The molecule has 0 aromatic heterocycles. The zero-order valence-corrected chi connectivity index (χ0v) is 7.22. The highest BCUT2D eigenvalue weighted by Gasteiger charge is 1.93. The molecule has 1 nitrogen and oxygen atoms in total. The maximum absolute atomic E-state index is 5.41. The molecule has 0 aliphatic heterocycles. The van der Waals surface area contributed by atoms with Crippen LogP contribution < -0.4 is 0 Å². The van der Waals surface area contributed by atoms with Gasteiger partial charge in [-0.2, -0.15) is 0 Å². The molecule has 0 saturated carbocycles. The highest BCUT2D eigenvalue weighted by Crippen LogP contribution is 2.02. The van der Waals surface area contributed by atoms with Crippen LogP contribution in [0.25, 0.3) is 0 Å². The average molecular weight is 140 g/mol. The molecule has 0 bridgehead atoms. The van der Waals surface area contributed by atoms with E-state index in [0.29, 0.717) is 0 Å². The van der Waals surface area contributed by atoms with Gasteiger partial charge in [0.15, 0.2) is 0 Å². The second kappa shape index (κ2) is 5.10. The van der Waals surface area contributed by atoms with E-state index in [1.807, 2.05) is 45.9 Å². The molecule has 0 N–H and O–H groups in total. The first-order valence-electron chi connectivity index (χ1n) is 3.66. The van der Waals surface area contributed by atoms with Crippen molar-refractivity contribution in [1.82, 2.24) is 0 Å². The van der Waals surface area contributed by atoms with E-state index in [9.17, 15) is 0 Å². The van der Waals surface area contributed by atoms with Crippen molar-refractivity contribution in [3.63, 3.8) is 0 Å². The Morgan fingerprint density at radius 3 is 2.20 bits per heavy atom. The van der Waals surface area contributed by atoms with Gasteiger partial charge in [-0.05, 0) is 39.8 Å². The maximum Gasteiger partial charge on any atom is 0.115 e. The monoisotopic (exact) mass is 140 g/mol. The van der Waals surface area contributed by atoms with Gasteiger partial charge in [-0.3, -0.25) is 0 Å². The summed E-state index contributed by atoms with van der Waals surface area (Å²) in [6.45, 7) is 7.99. The summed E-state index contributed by atoms with van der Waals surface area (Å²) in [5, 5.41) is 0. The summed E-state index contributed by atoms with van der Waals surface area (Å²) in [6, 6.07) is 0. The van der Waals surface area contributed by atoms with Crippen molar-refractivity contribution in [2.24, 2.45) is 0 Å². The van der Waals surface area contributed by atoms with Crippen LogP contribution in [0, 0.1) is 0 Å². The quantitative estimate of drug-likeness (QED) is 0.432. The largest absolute Gasteiger partial charge is 0.491 e. The van der Waals surface area contributed by atoms with E-state index in [4.69, 9.17) is 4.74 Å². The third-order valence-electron chi connectivity index (χ3n) is 0.987. The molecule has 0 saturated heterocycles. The molecule has 0 amide bonds. The number of rotatable bonds is 3. The van der Waals surface area contributed by atoms with Gasteiger partial charge in [0.25, 0.3) is 0 Å². The first-order valence-corrected chi connectivity index (χ1v) is 3.66. The number of hydrogen-bond donors (Lipinski definition) is 0. The SMILES string of the molecule is CC=CC(=CC)OC(C)C. The third kappa shape index (κ3) is 4.19. The highest BCUT2D eigenvalue weighted by atomic mass is 16.5. The summed E-state index contributed by atoms with van der Waals surface area (Å²) in [4.78, 5) is 0. The molecule has 1 heteroatoms. The van der Waals surface area contributed by atoms with Gasteiger partial charge in [0.05, 0.1) is 6.10 Å². The lowest BCUT2D eigenvalue weighted by molar-refractivity contribution is 0.157. The Kier molecular flexibility index (Phi) is 4.73. The van der Waals surface area contributed by atoms with Crippen LogP contribution in [0.2, 0.25) is 0 Å². The maximum atomic E-state index is 5.41. The van der Waals surface area contributed by atoms with Crippen molar-refractivity contribution < 1.29 is 4.74 Å². The van der Waals surface area contributed by atoms with Crippen molar-refractivity contribution in [3.05, 3.63) is 24.0 Å². The van der Waals surface area contributed by atoms with E-state index >= 15 is 0 Å². The average Bonchev–Trinajstić information content (AvgIpc) is 1.86. The van der Waals surface area contributed by atoms with Crippen molar-refractivity contribution in [1.29, 1.82) is 0 Å². The highest BCUT2D eigenvalue weighted by molar-refractivity contribution is 5.09. The third-order valence-corrected chi connectivity index (χ3v) is 0.987. The van der Waals surface area contributed by atoms with E-state index in [2.05, 4.69) is 0 Å². The van der Waals surface area contributed by atoms with Crippen molar-refractivity contribution >= 4 is 0 Å². The van der Waals surface area contributed by atoms with Gasteiger partial charge in [-0.15, -0.1) is 0 Å². The van der Waals surface area contributed by atoms with Gasteiger partial charge in [0, 0.05) is 0 Å². The molecule has 0 unspecified atom stereocenters. The fourth-order valence-corrected chi connectivity index (χ4v) is 0.640. The molecule has 0 aromatic rings. The van der Waals surface area contributed by atoms with E-state index in [1.54, 1.807) is 0 Å². The molecule has 58 valence electrons. The Labute approximate surface area is 63.4 Å². The Hall–Kier alpha value is -0.720. The van der Waals surface area contributed by atoms with E-state index < -0.39 is 0 Å². The molecule has 0 fully saturated rings. The van der Waals surface area contributed by atoms with Crippen LogP contribution in [-0.4, -0.2) is 6.10 Å². The van der Waals surface area contributed by atoms with Crippen molar-refractivity contribution in [2.75, 3.05) is 0 Å². The molecular formula is C9H16O. The molecule has 0 atom stereocenters. The van der Waals surface area contributed by atoms with Crippen LogP contribution in [0.1, 0.15) is 27.7 Å². The molecule has 0 radical (unpaired) electrons. The predicted octanol–water partition coefficient (Wildman–Crippen LogP) is 2.89. The van der Waals surface area contributed by atoms with Crippen LogP contribution >= 0.6 is 0 Å². The lowest BCUT2D eigenvalue weighted by Crippen LogP contribution is -2.00. The minimum absolute atomic E-state index is 0.266. The molecule has 0 aliphatic carbocycles. The van der Waals surface area contributed by atoms with Gasteiger partial charge in [-0.25, -0.2) is 0 Å². The number of ether oxygens (including phenoxy) is 1. The first kappa shape index (κ1) is 9.28. The van der Waals surface area contributed by atoms with Crippen molar-refractivity contribution in [2.45, 2.75) is 33.8 Å². The van der Waals surface area contributed by atoms with Crippen molar-refractivity contribution in [3.8, 4) is 0 Å². The summed E-state index contributed by atoms with van der Waals surface area (Å²) in [7, 11) is 0. The number of allylic oxidation sites excluding steroid dienone is 3. The summed E-state index contributed by atoms with van der Waals surface area (Å²) in [5.41, 5.74) is 0. The minimum atomic E-state index is 0.266. The summed E-state index contributed by atoms with van der Waals surface area (Å²) in [5.74, 6) is 0.942. The van der Waals surface area contributed by atoms with Gasteiger partial charge in [0.1, 0.15) is 5.76 Å². The summed E-state index contributed by atoms with van der Waals surface area (Å²) >= 11 is 0. The Bertz CT molecular complexity index is 132. The zero-order chi connectivity index (χ0) is 7.98. The molecule has 0 aliphatic rings. The summed E-state index contributed by atoms with van der Waals surface area (Å²) in [6.07, 6.45) is 6.15. The second-order valence-corrected chi connectivity index (χ2v) is 2.36. The lowest BCUT2D eigenvalue weighted by atomic mass is 10.4. The van der Waals surface area contributed by atoms with E-state index in [1.165, 1.54) is 0 Å². The fourth-order valence-electron chi connectivity index (χ4n) is 0.640. The zero-order valence-electron chi connectivity index (χ0n) is 7.22. The standard InChI is InChI=1S/C9H16O/c1-5-7-9(6-2)10-8(3)4/h5-8H,1-4H3. The molecule has 10 heavy (non-hydrogen) atoms. The van der Waals surface area contributed by atoms with E-state index in [0.717, 1.165) is 5.76 Å². The van der Waals surface area contributed by atoms with Gasteiger partial charge >= 0.3 is 0 Å². The normalized spacial score (nSPS) is 13.1. The molecule has 0 rings (SSSR count). The second-order valence-electron chi connectivity index (χ2n) is 2.36. The van der Waals surface area contributed by atoms with Crippen LogP contribution in [0.15, 0.2) is 24.0 Å². The smallest absolute Gasteiger partial charge is 0.115 e. The topological polar surface area (TPSA) is 9.23 Å². The van der Waals surface area contributed by atoms with Gasteiger partial charge < -0.3 is 4.74 Å². The molecule has 0 spiro atoms. The Morgan fingerprint density at radius 2 is 1.90 bits per heavy atom. The molecular weight excluding hydrogens is 124 g/mol. The predicted molar refractivity (Wildman–Crippen MR) is 44.8 cm³/mol. The van der Waals surface area contributed by atoms with E-state index in [-0.39, 0.29) is 6.10 Å². The van der Waals surface area contributed by atoms with Gasteiger partial charge in [-0.1, -0.05) is 6.08 Å². The Balaban J connectivity index is 3.86. The summed E-state index contributed by atoms with van der Waals surface area (Å²) < 4.78 is 5.41. The van der Waals surface area contributed by atoms with Gasteiger partial charge in [0.2, 0.25) is 0 Å².